The number of rotatable bonds is 10. The molecular weight excluding hydrogens is 467 g/mol. The molecule has 0 N–H and O–H groups in total. The number of esters is 1. The van der Waals surface area contributed by atoms with Crippen LogP contribution in [-0.2, 0) is 21.6 Å². The quantitative estimate of drug-likeness (QED) is 0.261. The van der Waals surface area contributed by atoms with E-state index in [1.807, 2.05) is 36.4 Å². The largest absolute Gasteiger partial charge is 0.497 e. The minimum absolute atomic E-state index is 0.103. The van der Waals surface area contributed by atoms with Crippen molar-refractivity contribution in [1.82, 2.24) is 0 Å². The van der Waals surface area contributed by atoms with Gasteiger partial charge in [0.05, 0.1) is 20.6 Å². The molecule has 3 aromatic rings. The van der Waals surface area contributed by atoms with Gasteiger partial charge >= 0.3 is 5.97 Å². The zero-order chi connectivity index (χ0) is 27.2. The van der Waals surface area contributed by atoms with E-state index in [0.29, 0.717) is 30.3 Å². The van der Waals surface area contributed by atoms with Crippen molar-refractivity contribution < 1.29 is 23.4 Å². The van der Waals surface area contributed by atoms with Crippen molar-refractivity contribution in [3.05, 3.63) is 83.2 Å². The highest BCUT2D eigenvalue weighted by Gasteiger charge is 2.22. The third kappa shape index (κ3) is 7.58. The summed E-state index contributed by atoms with van der Waals surface area (Å²) in [5.74, 6) is 1.42. The Morgan fingerprint density at radius 3 is 2.16 bits per heavy atom. The third-order valence-electron chi connectivity index (χ3n) is 6.51. The summed E-state index contributed by atoms with van der Waals surface area (Å²) >= 11 is 0. The molecule has 0 radical (unpaired) electrons. The molecule has 3 aromatic carbocycles. The van der Waals surface area contributed by atoms with E-state index in [2.05, 4.69) is 40.7 Å². The normalized spacial score (nSPS) is 12.4. The van der Waals surface area contributed by atoms with E-state index in [4.69, 9.17) is 14.2 Å². The fraction of sp³-hybridized carbons (Fsp3) is 0.406. The van der Waals surface area contributed by atoms with Crippen molar-refractivity contribution in [2.45, 2.75) is 65.4 Å². The summed E-state index contributed by atoms with van der Waals surface area (Å²) in [6.45, 7) is 11.0. The van der Waals surface area contributed by atoms with Crippen molar-refractivity contribution in [1.29, 1.82) is 0 Å². The molecule has 5 heteroatoms. The van der Waals surface area contributed by atoms with Crippen molar-refractivity contribution in [2.75, 3.05) is 14.2 Å². The van der Waals surface area contributed by atoms with E-state index >= 15 is 0 Å². The zero-order valence-corrected chi connectivity index (χ0v) is 23.1. The Balaban J connectivity index is 1.83. The van der Waals surface area contributed by atoms with Crippen molar-refractivity contribution in [3.63, 3.8) is 0 Å². The first-order valence-corrected chi connectivity index (χ1v) is 12.8. The van der Waals surface area contributed by atoms with Crippen LogP contribution >= 0.6 is 0 Å². The number of hydrogen-bond acceptors (Lipinski definition) is 4. The van der Waals surface area contributed by atoms with Gasteiger partial charge in [0.2, 0.25) is 0 Å². The van der Waals surface area contributed by atoms with E-state index in [1.54, 1.807) is 19.2 Å². The van der Waals surface area contributed by atoms with Crippen LogP contribution in [-0.4, -0.2) is 20.2 Å². The number of ether oxygens (including phenoxy) is 3. The Labute approximate surface area is 220 Å². The molecule has 0 aliphatic carbocycles. The van der Waals surface area contributed by atoms with Crippen LogP contribution in [0.4, 0.5) is 4.39 Å². The van der Waals surface area contributed by atoms with Crippen LogP contribution in [0.1, 0.15) is 70.1 Å². The highest BCUT2D eigenvalue weighted by atomic mass is 19.1. The number of benzene rings is 3. The summed E-state index contributed by atoms with van der Waals surface area (Å²) in [5, 5.41) is 0. The van der Waals surface area contributed by atoms with Gasteiger partial charge in [-0.1, -0.05) is 58.9 Å². The highest BCUT2D eigenvalue weighted by Crippen LogP contribution is 2.37. The molecule has 37 heavy (non-hydrogen) atoms. The summed E-state index contributed by atoms with van der Waals surface area (Å²) in [4.78, 5) is 11.9. The molecule has 198 valence electrons. The number of carbonyl (C=O) groups is 1. The van der Waals surface area contributed by atoms with Crippen LogP contribution in [0, 0.1) is 11.7 Å². The lowest BCUT2D eigenvalue weighted by Gasteiger charge is -2.24. The van der Waals surface area contributed by atoms with Gasteiger partial charge in [0.15, 0.2) is 0 Å². The van der Waals surface area contributed by atoms with Crippen LogP contribution in [0.2, 0.25) is 0 Å². The highest BCUT2D eigenvalue weighted by molar-refractivity contribution is 5.72. The lowest BCUT2D eigenvalue weighted by atomic mass is 9.81. The summed E-state index contributed by atoms with van der Waals surface area (Å²) in [6.07, 6.45) is 1.26. The molecule has 1 atom stereocenters. The van der Waals surface area contributed by atoms with E-state index in [0.717, 1.165) is 34.4 Å². The predicted molar refractivity (Wildman–Crippen MR) is 147 cm³/mol. The van der Waals surface area contributed by atoms with Crippen LogP contribution < -0.4 is 9.47 Å². The molecule has 0 heterocycles. The molecule has 0 aliphatic heterocycles. The molecule has 4 nitrogen and oxygen atoms in total. The third-order valence-corrected chi connectivity index (χ3v) is 6.51. The molecule has 0 amide bonds. The number of halogens is 1. The van der Waals surface area contributed by atoms with Crippen LogP contribution in [0.3, 0.4) is 0 Å². The summed E-state index contributed by atoms with van der Waals surface area (Å²) < 4.78 is 31.2. The SMILES string of the molecule is COC(=O)C[C@H](CC(C)C)c1ccc(OCc2ccc(C(C)(C)C)c(-c3cc(OC)ccc3F)c2)cc1. The lowest BCUT2D eigenvalue weighted by Crippen LogP contribution is -2.13. The minimum atomic E-state index is -0.289. The Bertz CT molecular complexity index is 1190. The maximum atomic E-state index is 14.9. The van der Waals surface area contributed by atoms with E-state index in [1.165, 1.54) is 13.2 Å². The second kappa shape index (κ2) is 12.3. The van der Waals surface area contributed by atoms with Crippen LogP contribution in [0.5, 0.6) is 11.5 Å². The van der Waals surface area contributed by atoms with Gasteiger partial charge in [-0.3, -0.25) is 4.79 Å². The van der Waals surface area contributed by atoms with Gasteiger partial charge in [-0.25, -0.2) is 4.39 Å². The molecule has 0 aromatic heterocycles. The number of methoxy groups -OCH3 is 2. The van der Waals surface area contributed by atoms with Gasteiger partial charge in [0.25, 0.3) is 0 Å². The van der Waals surface area contributed by atoms with Gasteiger partial charge in [0, 0.05) is 5.56 Å². The summed E-state index contributed by atoms with van der Waals surface area (Å²) in [5.41, 5.74) is 4.26. The molecule has 0 unspecified atom stereocenters. The Kier molecular flexibility index (Phi) is 9.36. The first-order valence-electron chi connectivity index (χ1n) is 12.8. The van der Waals surface area contributed by atoms with Gasteiger partial charge in [-0.15, -0.1) is 0 Å². The first kappa shape index (κ1) is 28.2. The second-order valence-electron chi connectivity index (χ2n) is 10.9. The minimum Gasteiger partial charge on any atom is -0.497 e. The van der Waals surface area contributed by atoms with Crippen LogP contribution in [0.15, 0.2) is 60.7 Å². The molecular formula is C32H39FO4. The fourth-order valence-electron chi connectivity index (χ4n) is 4.59. The summed E-state index contributed by atoms with van der Waals surface area (Å²) in [7, 11) is 3.01. The smallest absolute Gasteiger partial charge is 0.306 e. The number of hydrogen-bond donors (Lipinski definition) is 0. The standard InChI is InChI=1S/C32H39FO4/c1-21(2)16-24(18-31(34)36-7)23-9-11-25(12-10-23)37-20-22-8-14-29(32(3,4)5)27(17-22)28-19-26(35-6)13-15-30(28)33/h8-15,17,19,21,24H,16,18,20H2,1-7H3/t24-/m0/s1. The first-order chi connectivity index (χ1) is 17.5. The van der Waals surface area contributed by atoms with Crippen molar-refractivity contribution in [3.8, 4) is 22.6 Å². The van der Waals surface area contributed by atoms with Gasteiger partial charge in [0.1, 0.15) is 23.9 Å². The maximum Gasteiger partial charge on any atom is 0.306 e. The Morgan fingerprint density at radius 1 is 0.892 bits per heavy atom. The van der Waals surface area contributed by atoms with Gasteiger partial charge in [-0.05, 0) is 82.3 Å². The average Bonchev–Trinajstić information content (AvgIpc) is 2.86. The van der Waals surface area contributed by atoms with E-state index < -0.39 is 0 Å². The fourth-order valence-corrected chi connectivity index (χ4v) is 4.59. The van der Waals surface area contributed by atoms with Gasteiger partial charge in [-0.2, -0.15) is 0 Å². The van der Waals surface area contributed by atoms with Gasteiger partial charge < -0.3 is 14.2 Å². The monoisotopic (exact) mass is 506 g/mol. The average molecular weight is 507 g/mol. The Morgan fingerprint density at radius 2 is 1.57 bits per heavy atom. The Hall–Kier alpha value is -3.34. The van der Waals surface area contributed by atoms with Crippen LogP contribution in [0.25, 0.3) is 11.1 Å². The lowest BCUT2D eigenvalue weighted by molar-refractivity contribution is -0.141. The topological polar surface area (TPSA) is 44.8 Å². The molecule has 0 saturated carbocycles. The molecule has 0 bridgehead atoms. The number of carbonyl (C=O) groups excluding carboxylic acids is 1. The summed E-state index contributed by atoms with van der Waals surface area (Å²) in [6, 6.07) is 18.8. The zero-order valence-electron chi connectivity index (χ0n) is 23.1. The molecule has 3 rings (SSSR count). The van der Waals surface area contributed by atoms with Crippen molar-refractivity contribution >= 4 is 5.97 Å². The molecule has 0 saturated heterocycles. The van der Waals surface area contributed by atoms with E-state index in [9.17, 15) is 9.18 Å². The molecule has 0 aliphatic rings. The van der Waals surface area contributed by atoms with E-state index in [-0.39, 0.29) is 23.1 Å². The van der Waals surface area contributed by atoms with Crippen molar-refractivity contribution in [2.24, 2.45) is 5.92 Å². The predicted octanol–water partition coefficient (Wildman–Crippen LogP) is 8.07. The second-order valence-corrected chi connectivity index (χ2v) is 10.9. The molecule has 0 fully saturated rings. The molecule has 0 spiro atoms. The maximum absolute atomic E-state index is 14.9.